The molecule has 0 rings (SSSR count). The summed E-state index contributed by atoms with van der Waals surface area (Å²) in [6.45, 7) is 0. The lowest BCUT2D eigenvalue weighted by Gasteiger charge is -2.10. The van der Waals surface area contributed by atoms with Crippen LogP contribution < -0.4 is 0 Å². The van der Waals surface area contributed by atoms with Crippen LogP contribution >= 0.6 is 0 Å². The average Bonchev–Trinajstić information content (AvgIpc) is 1.70. The number of hydrogen-bond donors (Lipinski definition) is 3. The van der Waals surface area contributed by atoms with Crippen molar-refractivity contribution in [3.05, 3.63) is 5.92 Å². The van der Waals surface area contributed by atoms with Crippen molar-refractivity contribution >= 4 is 30.4 Å². The van der Waals surface area contributed by atoms with Gasteiger partial charge in [0.25, 0.3) is 30.4 Å². The molecule has 0 saturated heterocycles. The Morgan fingerprint density at radius 2 is 0.812 bits per heavy atom. The van der Waals surface area contributed by atoms with Gasteiger partial charge in [0.1, 0.15) is 0 Å². The van der Waals surface area contributed by atoms with Crippen LogP contribution in [0.15, 0.2) is 0 Å². The summed E-state index contributed by atoms with van der Waals surface area (Å²) in [5.74, 6) is -4.63. The van der Waals surface area contributed by atoms with E-state index in [4.69, 9.17) is 13.7 Å². The molecule has 0 spiro atoms. The van der Waals surface area contributed by atoms with E-state index >= 15 is 0 Å². The molecule has 0 amide bonds. The topological polar surface area (TPSA) is 163 Å². The Kier molecular flexibility index (Phi) is 4.85. The third kappa shape index (κ3) is 10.3. The van der Waals surface area contributed by atoms with Gasteiger partial charge in [0, 0.05) is 5.92 Å². The van der Waals surface area contributed by atoms with Crippen molar-refractivity contribution in [3.63, 3.8) is 0 Å². The smallest absolute Gasteiger partial charge is 0.265 e. The molecule has 16 heavy (non-hydrogen) atoms. The minimum Gasteiger partial charge on any atom is -0.286 e. The van der Waals surface area contributed by atoms with E-state index in [1.54, 1.807) is 0 Å². The van der Waals surface area contributed by atoms with Crippen LogP contribution in [0.4, 0.5) is 0 Å². The van der Waals surface area contributed by atoms with E-state index in [2.05, 4.69) is 0 Å². The lowest BCUT2D eigenvalue weighted by atomic mass is 10.3. The molecule has 0 fully saturated rings. The van der Waals surface area contributed by atoms with Crippen molar-refractivity contribution in [2.24, 2.45) is 0 Å². The predicted molar refractivity (Wildman–Crippen MR) is 52.5 cm³/mol. The van der Waals surface area contributed by atoms with Gasteiger partial charge in [-0.1, -0.05) is 0 Å². The Morgan fingerprint density at radius 3 is 0.938 bits per heavy atom. The van der Waals surface area contributed by atoms with Crippen LogP contribution in [-0.2, 0) is 30.4 Å². The van der Waals surface area contributed by atoms with Gasteiger partial charge in [0.05, 0.1) is 17.3 Å². The fourth-order valence-corrected chi connectivity index (χ4v) is 3.45. The first-order chi connectivity index (χ1) is 6.79. The maximum absolute atomic E-state index is 10.4. The van der Waals surface area contributed by atoms with Crippen molar-refractivity contribution in [2.75, 3.05) is 17.3 Å². The Balaban J connectivity index is 4.93. The standard InChI is InChI=1S/C4H9O9S3/c5-14(6,7)1-4(2-15(8,9)10)3-16(11,12)13/h1-3H2,(H,5,6,7)(H,8,9,10)(H,11,12,13). The van der Waals surface area contributed by atoms with Gasteiger partial charge in [-0.2, -0.15) is 25.3 Å². The fourth-order valence-electron chi connectivity index (χ4n) is 0.899. The minimum atomic E-state index is -4.66. The summed E-state index contributed by atoms with van der Waals surface area (Å²) in [5.41, 5.74) is 0. The van der Waals surface area contributed by atoms with Crippen LogP contribution in [0, 0.1) is 5.92 Å². The molecular weight excluding hydrogens is 288 g/mol. The van der Waals surface area contributed by atoms with Gasteiger partial charge in [-0.15, -0.1) is 0 Å². The highest BCUT2D eigenvalue weighted by Gasteiger charge is 2.27. The Hall–Kier alpha value is -0.270. The molecule has 0 aliphatic rings. The predicted octanol–water partition coefficient (Wildman–Crippen LogP) is -1.78. The van der Waals surface area contributed by atoms with Gasteiger partial charge in [-0.3, -0.25) is 13.7 Å². The summed E-state index contributed by atoms with van der Waals surface area (Å²) in [6, 6.07) is 0. The quantitative estimate of drug-likeness (QED) is 0.481. The molecule has 0 bridgehead atoms. The second-order valence-electron chi connectivity index (χ2n) is 2.93. The van der Waals surface area contributed by atoms with Gasteiger partial charge in [0.15, 0.2) is 0 Å². The van der Waals surface area contributed by atoms with Gasteiger partial charge < -0.3 is 0 Å². The highest BCUT2D eigenvalue weighted by atomic mass is 32.2. The summed E-state index contributed by atoms with van der Waals surface area (Å²) in [4.78, 5) is 0. The number of rotatable bonds is 6. The molecule has 0 unspecified atom stereocenters. The summed E-state index contributed by atoms with van der Waals surface area (Å²) < 4.78 is 87.5. The van der Waals surface area contributed by atoms with Crippen LogP contribution in [-0.4, -0.2) is 56.2 Å². The molecule has 12 heteroatoms. The second kappa shape index (κ2) is 4.93. The lowest BCUT2D eigenvalue weighted by Crippen LogP contribution is -2.27. The van der Waals surface area contributed by atoms with Gasteiger partial charge in [0.2, 0.25) is 0 Å². The highest BCUT2D eigenvalue weighted by molar-refractivity contribution is 7.88. The van der Waals surface area contributed by atoms with E-state index in [0.717, 1.165) is 0 Å². The van der Waals surface area contributed by atoms with Crippen LogP contribution in [0.2, 0.25) is 0 Å². The van der Waals surface area contributed by atoms with Crippen molar-refractivity contribution in [2.45, 2.75) is 0 Å². The first-order valence-corrected chi connectivity index (χ1v) is 8.30. The Morgan fingerprint density at radius 1 is 0.625 bits per heavy atom. The van der Waals surface area contributed by atoms with Crippen molar-refractivity contribution in [3.8, 4) is 0 Å². The van der Waals surface area contributed by atoms with E-state index in [1.807, 2.05) is 0 Å². The van der Waals surface area contributed by atoms with Crippen LogP contribution in [0.25, 0.3) is 0 Å². The zero-order valence-electron chi connectivity index (χ0n) is 7.64. The molecule has 9 nitrogen and oxygen atoms in total. The molecule has 0 aromatic carbocycles. The van der Waals surface area contributed by atoms with E-state index in [0.29, 0.717) is 0 Å². The molecule has 0 atom stereocenters. The Bertz CT molecular complexity index is 442. The first-order valence-electron chi connectivity index (χ1n) is 3.47. The Labute approximate surface area is 92.7 Å². The van der Waals surface area contributed by atoms with Crippen molar-refractivity contribution in [1.29, 1.82) is 0 Å². The first kappa shape index (κ1) is 15.7. The van der Waals surface area contributed by atoms with E-state index in [1.165, 1.54) is 0 Å². The maximum Gasteiger partial charge on any atom is 0.265 e. The van der Waals surface area contributed by atoms with Gasteiger partial charge in [-0.05, 0) is 0 Å². The van der Waals surface area contributed by atoms with Gasteiger partial charge >= 0.3 is 0 Å². The largest absolute Gasteiger partial charge is 0.286 e. The van der Waals surface area contributed by atoms with E-state index in [9.17, 15) is 25.3 Å². The molecule has 0 aromatic heterocycles. The molecule has 0 aromatic rings. The summed E-state index contributed by atoms with van der Waals surface area (Å²) >= 11 is 0. The fraction of sp³-hybridized carbons (Fsp3) is 0.750. The van der Waals surface area contributed by atoms with Crippen molar-refractivity contribution < 1.29 is 38.9 Å². The SMILES string of the molecule is O=S(=O)(O)C[C](CS(=O)(=O)O)CS(=O)(=O)O. The normalized spacial score (nSPS) is 14.2. The lowest BCUT2D eigenvalue weighted by molar-refractivity contribution is 0.476. The second-order valence-corrected chi connectivity index (χ2v) is 7.29. The molecule has 0 heterocycles. The molecule has 1 radical (unpaired) electrons. The van der Waals surface area contributed by atoms with Gasteiger partial charge in [-0.25, -0.2) is 0 Å². The summed E-state index contributed by atoms with van der Waals surface area (Å²) in [5, 5.41) is 0. The third-order valence-corrected chi connectivity index (χ3v) is 3.48. The maximum atomic E-state index is 10.4. The van der Waals surface area contributed by atoms with E-state index < -0.39 is 53.5 Å². The minimum absolute atomic E-state index is 0.771. The van der Waals surface area contributed by atoms with Crippen LogP contribution in [0.1, 0.15) is 0 Å². The zero-order chi connectivity index (χ0) is 13.2. The van der Waals surface area contributed by atoms with E-state index in [-0.39, 0.29) is 0 Å². The number of hydrogen-bond acceptors (Lipinski definition) is 6. The molecule has 97 valence electrons. The molecule has 0 aliphatic carbocycles. The molecule has 0 aliphatic heterocycles. The van der Waals surface area contributed by atoms with Crippen LogP contribution in [0.5, 0.6) is 0 Å². The summed E-state index contributed by atoms with van der Waals surface area (Å²) in [7, 11) is -14.0. The zero-order valence-corrected chi connectivity index (χ0v) is 10.1. The molecule has 3 N–H and O–H groups in total. The summed E-state index contributed by atoms with van der Waals surface area (Å²) in [6.07, 6.45) is 0. The molecule has 0 saturated carbocycles. The van der Waals surface area contributed by atoms with Crippen LogP contribution in [0.3, 0.4) is 0 Å². The molecular formula is C4H9O9S3. The average molecular weight is 297 g/mol. The highest BCUT2D eigenvalue weighted by Crippen LogP contribution is 2.10. The third-order valence-electron chi connectivity index (χ3n) is 1.16. The van der Waals surface area contributed by atoms with Crippen molar-refractivity contribution in [1.82, 2.24) is 0 Å². The monoisotopic (exact) mass is 297 g/mol.